The quantitative estimate of drug-likeness (QED) is 0.696. The second-order valence-corrected chi connectivity index (χ2v) is 3.30. The van der Waals surface area contributed by atoms with Crippen LogP contribution in [0.15, 0.2) is 17.2 Å². The standard InChI is InChI=1S/C9H10BrN/c1-4-9-7(3)6(2)8(10)5-11-9/h4-5H,1H2,2-3H3. The molecule has 0 bridgehead atoms. The Balaban J connectivity index is 3.36. The van der Waals surface area contributed by atoms with Gasteiger partial charge < -0.3 is 0 Å². The van der Waals surface area contributed by atoms with E-state index in [9.17, 15) is 0 Å². The van der Waals surface area contributed by atoms with Crippen LogP contribution in [0.1, 0.15) is 16.8 Å². The van der Waals surface area contributed by atoms with Crippen molar-refractivity contribution < 1.29 is 0 Å². The predicted octanol–water partition coefficient (Wildman–Crippen LogP) is 3.10. The second kappa shape index (κ2) is 3.18. The molecule has 0 fully saturated rings. The van der Waals surface area contributed by atoms with E-state index < -0.39 is 0 Å². The normalized spacial score (nSPS) is 9.73. The number of halogens is 1. The van der Waals surface area contributed by atoms with Crippen LogP contribution >= 0.6 is 15.9 Å². The largest absolute Gasteiger partial charge is 0.255 e. The SMILES string of the molecule is C=Cc1ncc(Br)c(C)c1C. The molecular formula is C9H10BrN. The number of nitrogens with zero attached hydrogens (tertiary/aromatic N) is 1. The molecule has 0 atom stereocenters. The van der Waals surface area contributed by atoms with E-state index in [2.05, 4.69) is 34.4 Å². The van der Waals surface area contributed by atoms with Crippen molar-refractivity contribution in [3.8, 4) is 0 Å². The van der Waals surface area contributed by atoms with Crippen LogP contribution in [0.5, 0.6) is 0 Å². The van der Waals surface area contributed by atoms with E-state index >= 15 is 0 Å². The van der Waals surface area contributed by atoms with Crippen LogP contribution in [0, 0.1) is 13.8 Å². The molecule has 0 spiro atoms. The highest BCUT2D eigenvalue weighted by Crippen LogP contribution is 2.20. The molecule has 0 saturated carbocycles. The summed E-state index contributed by atoms with van der Waals surface area (Å²) >= 11 is 3.41. The average Bonchev–Trinajstić information content (AvgIpc) is 2.01. The molecule has 0 aliphatic carbocycles. The molecule has 0 aliphatic rings. The lowest BCUT2D eigenvalue weighted by molar-refractivity contribution is 1.17. The van der Waals surface area contributed by atoms with E-state index in [1.807, 2.05) is 6.92 Å². The average molecular weight is 212 g/mol. The minimum absolute atomic E-state index is 0.964. The lowest BCUT2D eigenvalue weighted by atomic mass is 10.1. The van der Waals surface area contributed by atoms with Crippen LogP contribution in [-0.2, 0) is 0 Å². The zero-order chi connectivity index (χ0) is 8.43. The highest BCUT2D eigenvalue weighted by Gasteiger charge is 2.01. The number of aromatic nitrogens is 1. The number of hydrogen-bond donors (Lipinski definition) is 0. The van der Waals surface area contributed by atoms with Gasteiger partial charge in [-0.2, -0.15) is 0 Å². The maximum absolute atomic E-state index is 4.19. The fraction of sp³-hybridized carbons (Fsp3) is 0.222. The molecule has 0 saturated heterocycles. The van der Waals surface area contributed by atoms with Crippen molar-refractivity contribution >= 4 is 22.0 Å². The third-order valence-electron chi connectivity index (χ3n) is 1.82. The van der Waals surface area contributed by atoms with Gasteiger partial charge in [-0.15, -0.1) is 0 Å². The van der Waals surface area contributed by atoms with Gasteiger partial charge in [0, 0.05) is 10.7 Å². The molecule has 1 heterocycles. The van der Waals surface area contributed by atoms with Crippen LogP contribution in [0.4, 0.5) is 0 Å². The van der Waals surface area contributed by atoms with E-state index in [1.165, 1.54) is 11.1 Å². The lowest BCUT2D eigenvalue weighted by Crippen LogP contribution is -1.90. The minimum atomic E-state index is 0.964. The van der Waals surface area contributed by atoms with Crippen LogP contribution in [-0.4, -0.2) is 4.98 Å². The van der Waals surface area contributed by atoms with Crippen LogP contribution in [0.2, 0.25) is 0 Å². The van der Waals surface area contributed by atoms with Crippen molar-refractivity contribution in [3.63, 3.8) is 0 Å². The molecule has 58 valence electrons. The molecule has 0 N–H and O–H groups in total. The zero-order valence-electron chi connectivity index (χ0n) is 6.69. The van der Waals surface area contributed by atoms with E-state index in [0.717, 1.165) is 10.2 Å². The monoisotopic (exact) mass is 211 g/mol. The maximum atomic E-state index is 4.19. The summed E-state index contributed by atoms with van der Waals surface area (Å²) in [5, 5.41) is 0. The Bertz CT molecular complexity index is 292. The number of pyridine rings is 1. The van der Waals surface area contributed by atoms with Gasteiger partial charge >= 0.3 is 0 Å². The van der Waals surface area contributed by atoms with E-state index in [-0.39, 0.29) is 0 Å². The fourth-order valence-corrected chi connectivity index (χ4v) is 1.30. The summed E-state index contributed by atoms with van der Waals surface area (Å²) in [5.41, 5.74) is 3.38. The highest BCUT2D eigenvalue weighted by molar-refractivity contribution is 9.10. The third-order valence-corrected chi connectivity index (χ3v) is 2.61. The molecule has 1 aromatic heterocycles. The summed E-state index contributed by atoms with van der Waals surface area (Å²) < 4.78 is 1.06. The predicted molar refractivity (Wildman–Crippen MR) is 51.5 cm³/mol. The first kappa shape index (κ1) is 8.47. The van der Waals surface area contributed by atoms with E-state index in [0.29, 0.717) is 0 Å². The van der Waals surface area contributed by atoms with Crippen molar-refractivity contribution in [2.24, 2.45) is 0 Å². The van der Waals surface area contributed by atoms with Gasteiger partial charge in [0.1, 0.15) is 0 Å². The molecule has 0 amide bonds. The molecule has 1 nitrogen and oxygen atoms in total. The molecule has 0 aliphatic heterocycles. The van der Waals surface area contributed by atoms with Gasteiger partial charge in [0.25, 0.3) is 0 Å². The number of rotatable bonds is 1. The van der Waals surface area contributed by atoms with Crippen molar-refractivity contribution in [3.05, 3.63) is 34.1 Å². The van der Waals surface area contributed by atoms with Gasteiger partial charge in [-0.3, -0.25) is 4.98 Å². The summed E-state index contributed by atoms with van der Waals surface area (Å²) in [6.07, 6.45) is 3.58. The Hall–Kier alpha value is -0.630. The molecule has 0 unspecified atom stereocenters. The lowest BCUT2D eigenvalue weighted by Gasteiger charge is -2.04. The first-order valence-corrected chi connectivity index (χ1v) is 4.20. The minimum Gasteiger partial charge on any atom is -0.255 e. The van der Waals surface area contributed by atoms with E-state index in [1.54, 1.807) is 12.3 Å². The first-order valence-electron chi connectivity index (χ1n) is 3.41. The number of hydrogen-bond acceptors (Lipinski definition) is 1. The third kappa shape index (κ3) is 1.51. The highest BCUT2D eigenvalue weighted by atomic mass is 79.9. The summed E-state index contributed by atoms with van der Waals surface area (Å²) in [6, 6.07) is 0. The molecule has 0 aromatic carbocycles. The molecule has 1 rings (SSSR count). The Morgan fingerprint density at radius 1 is 1.45 bits per heavy atom. The Labute approximate surface area is 75.3 Å². The van der Waals surface area contributed by atoms with Gasteiger partial charge in [-0.1, -0.05) is 6.58 Å². The van der Waals surface area contributed by atoms with Crippen molar-refractivity contribution in [1.29, 1.82) is 0 Å². The molecule has 0 radical (unpaired) electrons. The zero-order valence-corrected chi connectivity index (χ0v) is 8.27. The summed E-state index contributed by atoms with van der Waals surface area (Å²) in [5.74, 6) is 0. The van der Waals surface area contributed by atoms with Gasteiger partial charge in [0.15, 0.2) is 0 Å². The maximum Gasteiger partial charge on any atom is 0.0656 e. The Kier molecular flexibility index (Phi) is 2.45. The van der Waals surface area contributed by atoms with Crippen LogP contribution in [0.25, 0.3) is 6.08 Å². The van der Waals surface area contributed by atoms with Gasteiger partial charge in [0.2, 0.25) is 0 Å². The molecular weight excluding hydrogens is 202 g/mol. The summed E-state index contributed by atoms with van der Waals surface area (Å²) in [4.78, 5) is 4.19. The van der Waals surface area contributed by atoms with Gasteiger partial charge in [-0.05, 0) is 47.0 Å². The van der Waals surface area contributed by atoms with Gasteiger partial charge in [0.05, 0.1) is 5.69 Å². The second-order valence-electron chi connectivity index (χ2n) is 2.45. The van der Waals surface area contributed by atoms with Crippen LogP contribution < -0.4 is 0 Å². The van der Waals surface area contributed by atoms with Crippen molar-refractivity contribution in [2.45, 2.75) is 13.8 Å². The summed E-state index contributed by atoms with van der Waals surface area (Å²) in [7, 11) is 0. The Morgan fingerprint density at radius 3 is 2.64 bits per heavy atom. The topological polar surface area (TPSA) is 12.9 Å². The van der Waals surface area contributed by atoms with E-state index in [4.69, 9.17) is 0 Å². The van der Waals surface area contributed by atoms with Crippen molar-refractivity contribution in [2.75, 3.05) is 0 Å². The van der Waals surface area contributed by atoms with Gasteiger partial charge in [-0.25, -0.2) is 0 Å². The molecule has 1 aromatic rings. The fourth-order valence-electron chi connectivity index (χ4n) is 0.897. The molecule has 2 heteroatoms. The smallest absolute Gasteiger partial charge is 0.0656 e. The first-order chi connectivity index (χ1) is 5.16. The molecule has 11 heavy (non-hydrogen) atoms. The van der Waals surface area contributed by atoms with Crippen molar-refractivity contribution in [1.82, 2.24) is 4.98 Å². The summed E-state index contributed by atoms with van der Waals surface area (Å²) in [6.45, 7) is 7.79. The van der Waals surface area contributed by atoms with Crippen LogP contribution in [0.3, 0.4) is 0 Å². The Morgan fingerprint density at radius 2 is 2.09 bits per heavy atom.